The van der Waals surface area contributed by atoms with E-state index in [9.17, 15) is 4.79 Å². The molecule has 4 aromatic rings. The zero-order valence-electron chi connectivity index (χ0n) is 15.6. The maximum Gasteiger partial charge on any atom is 0.258 e. The molecule has 0 saturated carbocycles. The number of carbonyl (C=O) groups excluding carboxylic acids is 1. The molecule has 2 aromatic carbocycles. The van der Waals surface area contributed by atoms with Gasteiger partial charge < -0.3 is 14.4 Å². The molecule has 0 radical (unpaired) electrons. The Bertz CT molecular complexity index is 1130. The molecule has 7 nitrogen and oxygen atoms in total. The summed E-state index contributed by atoms with van der Waals surface area (Å²) in [5.41, 5.74) is 4.34. The van der Waals surface area contributed by atoms with Gasteiger partial charge in [-0.2, -0.15) is 4.98 Å². The van der Waals surface area contributed by atoms with Crippen LogP contribution in [0.15, 0.2) is 65.6 Å². The number of hydrogen-bond donors (Lipinski definition) is 1. The van der Waals surface area contributed by atoms with E-state index in [0.717, 1.165) is 22.4 Å². The fourth-order valence-electron chi connectivity index (χ4n) is 2.90. The number of benzene rings is 2. The Hall–Kier alpha value is -3.74. The van der Waals surface area contributed by atoms with Gasteiger partial charge in [-0.25, -0.2) is 4.98 Å². The molecule has 2 heterocycles. The molecule has 140 valence electrons. The highest BCUT2D eigenvalue weighted by Crippen LogP contribution is 2.23. The Labute approximate surface area is 162 Å². The van der Waals surface area contributed by atoms with Crippen LogP contribution in [-0.4, -0.2) is 25.6 Å². The first-order valence-electron chi connectivity index (χ1n) is 8.87. The van der Waals surface area contributed by atoms with Crippen molar-refractivity contribution in [3.63, 3.8) is 0 Å². The third-order valence-corrected chi connectivity index (χ3v) is 4.29. The highest BCUT2D eigenvalue weighted by atomic mass is 16.5. The second-order valence-electron chi connectivity index (χ2n) is 6.59. The van der Waals surface area contributed by atoms with Crippen LogP contribution in [0.25, 0.3) is 23.0 Å². The van der Waals surface area contributed by atoms with Crippen LogP contribution >= 0.6 is 0 Å². The number of nitrogens with one attached hydrogen (secondary N) is 1. The van der Waals surface area contributed by atoms with Gasteiger partial charge in [0, 0.05) is 17.4 Å². The van der Waals surface area contributed by atoms with E-state index in [1.54, 1.807) is 17.1 Å². The number of hydrogen-bond acceptors (Lipinski definition) is 5. The van der Waals surface area contributed by atoms with Gasteiger partial charge >= 0.3 is 0 Å². The lowest BCUT2D eigenvalue weighted by Gasteiger charge is -2.06. The van der Waals surface area contributed by atoms with Crippen LogP contribution in [0.4, 0.5) is 5.69 Å². The number of anilines is 1. The maximum atomic E-state index is 12.3. The van der Waals surface area contributed by atoms with Crippen LogP contribution in [0.2, 0.25) is 0 Å². The average Bonchev–Trinajstić information content (AvgIpc) is 3.31. The molecular weight excluding hydrogens is 354 g/mol. The summed E-state index contributed by atoms with van der Waals surface area (Å²) in [6, 6.07) is 15.5. The third kappa shape index (κ3) is 3.83. The molecule has 0 unspecified atom stereocenters. The highest BCUT2D eigenvalue weighted by Gasteiger charge is 2.14. The van der Waals surface area contributed by atoms with Crippen molar-refractivity contribution in [2.45, 2.75) is 20.4 Å². The Kier molecular flexibility index (Phi) is 4.72. The fraction of sp³-hybridized carbons (Fsp3) is 0.143. The summed E-state index contributed by atoms with van der Waals surface area (Å²) in [6.07, 6.45) is 3.30. The van der Waals surface area contributed by atoms with E-state index in [1.807, 2.05) is 62.4 Å². The number of aryl methyl sites for hydroxylation is 2. The first-order chi connectivity index (χ1) is 13.6. The molecule has 0 aliphatic heterocycles. The number of imidazole rings is 1. The molecular formula is C21H19N5O2. The molecule has 0 fully saturated rings. The highest BCUT2D eigenvalue weighted by molar-refractivity contribution is 5.90. The lowest BCUT2D eigenvalue weighted by atomic mass is 10.1. The first-order valence-corrected chi connectivity index (χ1v) is 8.87. The normalized spacial score (nSPS) is 10.8. The van der Waals surface area contributed by atoms with Crippen molar-refractivity contribution in [3.8, 4) is 23.0 Å². The summed E-state index contributed by atoms with van der Waals surface area (Å²) < 4.78 is 7.06. The van der Waals surface area contributed by atoms with Crippen molar-refractivity contribution >= 4 is 11.6 Å². The van der Waals surface area contributed by atoms with E-state index < -0.39 is 0 Å². The van der Waals surface area contributed by atoms with Crippen molar-refractivity contribution in [2.24, 2.45) is 0 Å². The summed E-state index contributed by atoms with van der Waals surface area (Å²) in [4.78, 5) is 21.0. The zero-order valence-corrected chi connectivity index (χ0v) is 15.6. The second-order valence-corrected chi connectivity index (χ2v) is 6.59. The summed E-state index contributed by atoms with van der Waals surface area (Å²) in [6.45, 7) is 4.11. The van der Waals surface area contributed by atoms with E-state index in [0.29, 0.717) is 17.4 Å². The molecule has 28 heavy (non-hydrogen) atoms. The lowest BCUT2D eigenvalue weighted by Crippen LogP contribution is -2.17. The SMILES string of the molecule is Cc1cccc(NC(=O)Cn2cnc(-c3noc(-c4ccccc4C)n3)c2)c1. The van der Waals surface area contributed by atoms with Crippen LogP contribution in [0, 0.1) is 13.8 Å². The van der Waals surface area contributed by atoms with E-state index in [2.05, 4.69) is 20.4 Å². The Morgan fingerprint density at radius 1 is 1.14 bits per heavy atom. The van der Waals surface area contributed by atoms with Crippen LogP contribution in [0.3, 0.4) is 0 Å². The molecule has 1 N–H and O–H groups in total. The first kappa shape index (κ1) is 17.7. The van der Waals surface area contributed by atoms with Crippen molar-refractivity contribution in [3.05, 3.63) is 72.2 Å². The molecule has 0 atom stereocenters. The minimum atomic E-state index is -0.136. The maximum absolute atomic E-state index is 12.3. The minimum Gasteiger partial charge on any atom is -0.334 e. The number of amides is 1. The Balaban J connectivity index is 1.46. The second kappa shape index (κ2) is 7.48. The average molecular weight is 373 g/mol. The summed E-state index contributed by atoms with van der Waals surface area (Å²) in [7, 11) is 0. The summed E-state index contributed by atoms with van der Waals surface area (Å²) >= 11 is 0. The van der Waals surface area contributed by atoms with Crippen molar-refractivity contribution < 1.29 is 9.32 Å². The molecule has 0 bridgehead atoms. The molecule has 1 amide bonds. The third-order valence-electron chi connectivity index (χ3n) is 4.29. The van der Waals surface area contributed by atoms with Gasteiger partial charge in [-0.3, -0.25) is 4.79 Å². The molecule has 0 spiro atoms. The Morgan fingerprint density at radius 3 is 2.82 bits per heavy atom. The van der Waals surface area contributed by atoms with Gasteiger partial charge in [-0.05, 0) is 43.2 Å². The number of nitrogens with zero attached hydrogens (tertiary/aromatic N) is 4. The van der Waals surface area contributed by atoms with Gasteiger partial charge in [0.05, 0.1) is 6.33 Å². The van der Waals surface area contributed by atoms with E-state index >= 15 is 0 Å². The van der Waals surface area contributed by atoms with E-state index in [4.69, 9.17) is 4.52 Å². The minimum absolute atomic E-state index is 0.136. The molecule has 7 heteroatoms. The Morgan fingerprint density at radius 2 is 2.00 bits per heavy atom. The van der Waals surface area contributed by atoms with E-state index in [1.165, 1.54) is 0 Å². The van der Waals surface area contributed by atoms with Gasteiger partial charge in [0.15, 0.2) is 0 Å². The molecule has 0 saturated heterocycles. The van der Waals surface area contributed by atoms with Gasteiger partial charge in [-0.15, -0.1) is 0 Å². The van der Waals surface area contributed by atoms with Crippen LogP contribution in [0.1, 0.15) is 11.1 Å². The topological polar surface area (TPSA) is 85.8 Å². The number of carbonyl (C=O) groups is 1. The molecule has 0 aliphatic rings. The van der Waals surface area contributed by atoms with Gasteiger partial charge in [-0.1, -0.05) is 35.5 Å². The van der Waals surface area contributed by atoms with Gasteiger partial charge in [0.25, 0.3) is 5.89 Å². The lowest BCUT2D eigenvalue weighted by molar-refractivity contribution is -0.116. The van der Waals surface area contributed by atoms with Gasteiger partial charge in [0.2, 0.25) is 11.7 Å². The van der Waals surface area contributed by atoms with Crippen LogP contribution in [-0.2, 0) is 11.3 Å². The van der Waals surface area contributed by atoms with E-state index in [-0.39, 0.29) is 12.5 Å². The smallest absolute Gasteiger partial charge is 0.258 e. The van der Waals surface area contributed by atoms with Gasteiger partial charge in [0.1, 0.15) is 12.2 Å². The molecule has 2 aromatic heterocycles. The summed E-state index contributed by atoms with van der Waals surface area (Å²) in [5.74, 6) is 0.694. The predicted octanol–water partition coefficient (Wildman–Crippen LogP) is 3.86. The van der Waals surface area contributed by atoms with Crippen molar-refractivity contribution in [2.75, 3.05) is 5.32 Å². The summed E-state index contributed by atoms with van der Waals surface area (Å²) in [5, 5.41) is 6.89. The molecule has 0 aliphatic carbocycles. The monoisotopic (exact) mass is 373 g/mol. The standard InChI is InChI=1S/C21H19N5O2/c1-14-6-5-8-16(10-14)23-19(27)12-26-11-18(22-13-26)20-24-21(28-25-20)17-9-4-3-7-15(17)2/h3-11,13H,12H2,1-2H3,(H,23,27). The van der Waals surface area contributed by atoms with Crippen LogP contribution in [0.5, 0.6) is 0 Å². The van der Waals surface area contributed by atoms with Crippen molar-refractivity contribution in [1.29, 1.82) is 0 Å². The largest absolute Gasteiger partial charge is 0.334 e. The number of rotatable bonds is 5. The quantitative estimate of drug-likeness (QED) is 0.574. The predicted molar refractivity (Wildman–Crippen MR) is 106 cm³/mol. The zero-order chi connectivity index (χ0) is 19.5. The molecule has 4 rings (SSSR count). The fourth-order valence-corrected chi connectivity index (χ4v) is 2.90. The van der Waals surface area contributed by atoms with Crippen LogP contribution < -0.4 is 5.32 Å². The number of aromatic nitrogens is 4. The van der Waals surface area contributed by atoms with Crippen molar-refractivity contribution in [1.82, 2.24) is 19.7 Å².